The van der Waals surface area contributed by atoms with Crippen LogP contribution >= 0.6 is 0 Å². The molecule has 0 spiro atoms. The highest BCUT2D eigenvalue weighted by Crippen LogP contribution is 1.96. The molecule has 3 nitrogen and oxygen atoms in total. The molecule has 0 amide bonds. The number of halogens is 1. The Hall–Kier alpha value is -0.800. The Balaban J connectivity index is 0.000000640. The zero-order chi connectivity index (χ0) is 5.82. The van der Waals surface area contributed by atoms with E-state index < -0.39 is 0 Å². The lowest BCUT2D eigenvalue weighted by Gasteiger charge is -1.90. The maximum atomic E-state index is 5.09. The van der Waals surface area contributed by atoms with E-state index in [1.54, 1.807) is 12.4 Å². The monoisotopic (exact) mass is 145 g/mol. The number of aromatic amines is 1. The number of aromatic nitrogens is 1. The minimum absolute atomic E-state index is 0. The van der Waals surface area contributed by atoms with Crippen molar-refractivity contribution in [1.29, 1.82) is 0 Å². The standard InChI is InChI=1S/C5H7N3.ClH/c6-8-5-1-3-7-4-2-5;/h1-4H,6H2,(H,7,8);1H. The van der Waals surface area contributed by atoms with Crippen molar-refractivity contribution < 1.29 is 17.4 Å². The minimum Gasteiger partial charge on any atom is -1.00 e. The molecule has 0 atom stereocenters. The van der Waals surface area contributed by atoms with Gasteiger partial charge < -0.3 is 17.8 Å². The van der Waals surface area contributed by atoms with Crippen LogP contribution in [0.2, 0.25) is 0 Å². The Bertz CT molecular complexity index is 154. The first-order valence-electron chi connectivity index (χ1n) is 2.36. The number of hydrogen-bond acceptors (Lipinski definition) is 2. The second-order valence-electron chi connectivity index (χ2n) is 1.43. The molecule has 0 aliphatic rings. The molecule has 9 heavy (non-hydrogen) atoms. The number of nitrogens with one attached hydrogen (secondary N) is 2. The van der Waals surface area contributed by atoms with Gasteiger partial charge in [0.05, 0.1) is 5.69 Å². The van der Waals surface area contributed by atoms with Crippen molar-refractivity contribution >= 4 is 5.69 Å². The van der Waals surface area contributed by atoms with Gasteiger partial charge in [-0.05, 0) is 0 Å². The SMILES string of the molecule is NNc1cc[nH+]cc1.[Cl-]. The predicted octanol–water partition coefficient (Wildman–Crippen LogP) is -3.21. The van der Waals surface area contributed by atoms with E-state index in [2.05, 4.69) is 10.4 Å². The van der Waals surface area contributed by atoms with Gasteiger partial charge in [-0.3, -0.25) is 5.84 Å². The van der Waals surface area contributed by atoms with Crippen LogP contribution in [0, 0.1) is 0 Å². The van der Waals surface area contributed by atoms with E-state index in [0.717, 1.165) is 5.69 Å². The van der Waals surface area contributed by atoms with Crippen molar-refractivity contribution in [1.82, 2.24) is 0 Å². The van der Waals surface area contributed by atoms with Gasteiger partial charge in [0.1, 0.15) is 0 Å². The molecule has 0 radical (unpaired) electrons. The zero-order valence-electron chi connectivity index (χ0n) is 4.76. The van der Waals surface area contributed by atoms with E-state index in [1.807, 2.05) is 12.1 Å². The molecule has 0 aliphatic carbocycles. The largest absolute Gasteiger partial charge is 1.00 e. The highest BCUT2D eigenvalue weighted by Gasteiger charge is 1.83. The third kappa shape index (κ3) is 2.30. The summed E-state index contributed by atoms with van der Waals surface area (Å²) < 4.78 is 0. The molecule has 1 aromatic rings. The molecule has 0 saturated heterocycles. The van der Waals surface area contributed by atoms with Crippen LogP contribution < -0.4 is 28.7 Å². The molecule has 0 saturated carbocycles. The van der Waals surface area contributed by atoms with Crippen LogP contribution in [-0.4, -0.2) is 0 Å². The molecule has 4 N–H and O–H groups in total. The van der Waals surface area contributed by atoms with E-state index in [9.17, 15) is 0 Å². The quantitative estimate of drug-likeness (QED) is 0.323. The predicted molar refractivity (Wildman–Crippen MR) is 30.8 cm³/mol. The topological polar surface area (TPSA) is 52.2 Å². The molecule has 0 aromatic carbocycles. The smallest absolute Gasteiger partial charge is 0.169 e. The summed E-state index contributed by atoms with van der Waals surface area (Å²) >= 11 is 0. The summed E-state index contributed by atoms with van der Waals surface area (Å²) in [6, 6.07) is 3.69. The molecule has 4 heteroatoms. The Labute approximate surface area is 59.7 Å². The van der Waals surface area contributed by atoms with Crippen molar-refractivity contribution in [2.24, 2.45) is 5.84 Å². The summed E-state index contributed by atoms with van der Waals surface area (Å²) in [5, 5.41) is 0. The Morgan fingerprint density at radius 1 is 1.33 bits per heavy atom. The molecule has 50 valence electrons. The van der Waals surface area contributed by atoms with Crippen molar-refractivity contribution in [3.63, 3.8) is 0 Å². The number of hydrogen-bond donors (Lipinski definition) is 2. The van der Waals surface area contributed by atoms with Gasteiger partial charge in [-0.2, -0.15) is 0 Å². The summed E-state index contributed by atoms with van der Waals surface area (Å²) in [5.74, 6) is 5.09. The van der Waals surface area contributed by atoms with Crippen LogP contribution in [0.15, 0.2) is 24.5 Å². The first-order chi connectivity index (χ1) is 3.93. The van der Waals surface area contributed by atoms with Gasteiger partial charge >= 0.3 is 0 Å². The Morgan fingerprint density at radius 2 is 1.89 bits per heavy atom. The van der Waals surface area contributed by atoms with Gasteiger partial charge in [0.15, 0.2) is 12.4 Å². The molecule has 0 unspecified atom stereocenters. The van der Waals surface area contributed by atoms with Gasteiger partial charge in [-0.1, -0.05) is 0 Å². The van der Waals surface area contributed by atoms with Gasteiger partial charge in [-0.15, -0.1) is 0 Å². The highest BCUT2D eigenvalue weighted by atomic mass is 35.5. The summed E-state index contributed by atoms with van der Waals surface area (Å²) in [7, 11) is 0. The second kappa shape index (κ2) is 4.12. The molecule has 1 rings (SSSR count). The number of anilines is 1. The average molecular weight is 146 g/mol. The Kier molecular flexibility index (Phi) is 3.75. The number of hydrazine groups is 1. The van der Waals surface area contributed by atoms with Crippen LogP contribution in [0.25, 0.3) is 0 Å². The van der Waals surface area contributed by atoms with E-state index in [0.29, 0.717) is 0 Å². The fourth-order valence-corrected chi connectivity index (χ4v) is 0.483. The average Bonchev–Trinajstić information content (AvgIpc) is 1.90. The van der Waals surface area contributed by atoms with Gasteiger partial charge in [0.2, 0.25) is 0 Å². The molecular weight excluding hydrogens is 138 g/mol. The summed E-state index contributed by atoms with van der Waals surface area (Å²) in [6.07, 6.45) is 3.60. The number of rotatable bonds is 1. The van der Waals surface area contributed by atoms with Crippen LogP contribution in [0.4, 0.5) is 5.69 Å². The first kappa shape index (κ1) is 8.20. The second-order valence-corrected chi connectivity index (χ2v) is 1.43. The lowest BCUT2D eigenvalue weighted by molar-refractivity contribution is -0.377. The third-order valence-corrected chi connectivity index (χ3v) is 0.885. The fourth-order valence-electron chi connectivity index (χ4n) is 0.483. The number of H-pyrrole nitrogens is 1. The van der Waals surface area contributed by atoms with E-state index in [-0.39, 0.29) is 12.4 Å². The summed E-state index contributed by atoms with van der Waals surface area (Å²) in [5.41, 5.74) is 3.41. The maximum absolute atomic E-state index is 5.09. The molecule has 1 heterocycles. The van der Waals surface area contributed by atoms with Crippen molar-refractivity contribution in [3.05, 3.63) is 24.5 Å². The van der Waals surface area contributed by atoms with Crippen LogP contribution in [0.5, 0.6) is 0 Å². The Morgan fingerprint density at radius 3 is 2.22 bits per heavy atom. The summed E-state index contributed by atoms with van der Waals surface area (Å²) in [4.78, 5) is 2.87. The molecule has 1 aromatic heterocycles. The normalized spacial score (nSPS) is 7.67. The van der Waals surface area contributed by atoms with E-state index >= 15 is 0 Å². The van der Waals surface area contributed by atoms with Gasteiger partial charge in [-0.25, -0.2) is 4.98 Å². The van der Waals surface area contributed by atoms with Crippen molar-refractivity contribution in [2.75, 3.05) is 5.43 Å². The minimum atomic E-state index is 0. The van der Waals surface area contributed by atoms with Crippen molar-refractivity contribution in [3.8, 4) is 0 Å². The van der Waals surface area contributed by atoms with Gasteiger partial charge in [0, 0.05) is 12.1 Å². The third-order valence-electron chi connectivity index (χ3n) is 0.885. The first-order valence-corrected chi connectivity index (χ1v) is 2.36. The van der Waals surface area contributed by atoms with E-state index in [4.69, 9.17) is 5.84 Å². The number of pyridine rings is 1. The number of nitrogen functional groups attached to an aromatic ring is 1. The fraction of sp³-hybridized carbons (Fsp3) is 0. The molecule has 0 bridgehead atoms. The van der Waals surface area contributed by atoms with E-state index in [1.165, 1.54) is 0 Å². The van der Waals surface area contributed by atoms with Crippen molar-refractivity contribution in [2.45, 2.75) is 0 Å². The number of nitrogens with two attached hydrogens (primary N) is 1. The summed E-state index contributed by atoms with van der Waals surface area (Å²) in [6.45, 7) is 0. The zero-order valence-corrected chi connectivity index (χ0v) is 5.52. The lowest BCUT2D eigenvalue weighted by Crippen LogP contribution is -3.00. The lowest BCUT2D eigenvalue weighted by atomic mass is 10.4. The van der Waals surface area contributed by atoms with Crippen LogP contribution in [0.1, 0.15) is 0 Å². The maximum Gasteiger partial charge on any atom is 0.169 e. The van der Waals surface area contributed by atoms with Crippen LogP contribution in [0.3, 0.4) is 0 Å². The molecule has 0 fully saturated rings. The van der Waals surface area contributed by atoms with Crippen LogP contribution in [-0.2, 0) is 0 Å². The van der Waals surface area contributed by atoms with Gasteiger partial charge in [0.25, 0.3) is 0 Å². The molecule has 0 aliphatic heterocycles. The highest BCUT2D eigenvalue weighted by molar-refractivity contribution is 5.37. The molecular formula is C5H8ClN3.